The number of rotatable bonds is 3. The molecule has 6 nitrogen and oxygen atoms in total. The number of hydrogen-bond acceptors (Lipinski definition) is 4. The number of benzene rings is 2. The molecule has 2 aromatic carbocycles. The van der Waals surface area contributed by atoms with Crippen molar-refractivity contribution in [2.24, 2.45) is 0 Å². The zero-order chi connectivity index (χ0) is 22.7. The maximum atomic E-state index is 15.1. The summed E-state index contributed by atoms with van der Waals surface area (Å²) >= 11 is 0. The zero-order valence-electron chi connectivity index (χ0n) is 17.6. The maximum absolute atomic E-state index is 15.1. The smallest absolute Gasteiger partial charge is 0.259 e. The highest BCUT2D eigenvalue weighted by atomic mass is 19.1. The van der Waals surface area contributed by atoms with Gasteiger partial charge in [0.25, 0.3) is 11.8 Å². The summed E-state index contributed by atoms with van der Waals surface area (Å²) in [6.45, 7) is 0. The Morgan fingerprint density at radius 1 is 0.939 bits per heavy atom. The average Bonchev–Trinajstić information content (AvgIpc) is 3.50. The van der Waals surface area contributed by atoms with Crippen LogP contribution in [0.2, 0.25) is 0 Å². The number of aromatic nitrogens is 1. The van der Waals surface area contributed by atoms with E-state index < -0.39 is 17.6 Å². The number of ketones is 1. The highest BCUT2D eigenvalue weighted by Crippen LogP contribution is 2.41. The lowest BCUT2D eigenvalue weighted by molar-refractivity contribution is -0.123. The van der Waals surface area contributed by atoms with Crippen LogP contribution in [-0.2, 0) is 14.4 Å². The molecule has 7 heteroatoms. The largest absolute Gasteiger partial charge is 0.464 e. The summed E-state index contributed by atoms with van der Waals surface area (Å²) in [6, 6.07) is 12.3. The van der Waals surface area contributed by atoms with Gasteiger partial charge in [-0.15, -0.1) is 0 Å². The molecule has 1 aliphatic carbocycles. The quantitative estimate of drug-likeness (QED) is 0.463. The monoisotopic (exact) mass is 442 g/mol. The van der Waals surface area contributed by atoms with Gasteiger partial charge in [0, 0.05) is 46.9 Å². The molecule has 4 aromatic rings. The number of carbonyl (C=O) groups is 3. The van der Waals surface area contributed by atoms with Crippen molar-refractivity contribution in [2.45, 2.75) is 31.7 Å². The van der Waals surface area contributed by atoms with Crippen molar-refractivity contribution in [3.8, 4) is 0 Å². The van der Waals surface area contributed by atoms with Crippen molar-refractivity contribution < 1.29 is 23.2 Å². The van der Waals surface area contributed by atoms with Gasteiger partial charge in [0.1, 0.15) is 17.2 Å². The summed E-state index contributed by atoms with van der Waals surface area (Å²) < 4.78 is 22.7. The molecule has 2 aliphatic rings. The van der Waals surface area contributed by atoms with E-state index in [0.29, 0.717) is 36.6 Å². The van der Waals surface area contributed by atoms with Gasteiger partial charge in [-0.25, -0.2) is 4.39 Å². The van der Waals surface area contributed by atoms with Gasteiger partial charge in [0.05, 0.1) is 23.0 Å². The Kier molecular flexibility index (Phi) is 4.33. The Morgan fingerprint density at radius 3 is 2.52 bits per heavy atom. The van der Waals surface area contributed by atoms with Crippen LogP contribution < -0.4 is 5.32 Å². The number of imide groups is 1. The lowest BCUT2D eigenvalue weighted by Gasteiger charge is -2.23. The molecule has 33 heavy (non-hydrogen) atoms. The molecule has 0 atom stereocenters. The lowest BCUT2D eigenvalue weighted by Crippen LogP contribution is -2.23. The van der Waals surface area contributed by atoms with Gasteiger partial charge in [-0.2, -0.15) is 0 Å². The molecule has 1 aliphatic heterocycles. The average molecular weight is 442 g/mol. The van der Waals surface area contributed by atoms with E-state index in [1.165, 1.54) is 12.3 Å². The minimum Gasteiger partial charge on any atom is -0.464 e. The molecule has 0 radical (unpaired) electrons. The number of halogens is 1. The van der Waals surface area contributed by atoms with Crippen LogP contribution in [0.5, 0.6) is 0 Å². The van der Waals surface area contributed by atoms with Crippen LogP contribution in [0.25, 0.3) is 33.0 Å². The van der Waals surface area contributed by atoms with E-state index in [9.17, 15) is 14.4 Å². The minimum absolute atomic E-state index is 0.0176. The molecule has 3 heterocycles. The Hall–Kier alpha value is -4.00. The molecule has 2 aromatic heterocycles. The van der Waals surface area contributed by atoms with Crippen LogP contribution in [0.1, 0.15) is 42.9 Å². The standard InChI is InChI=1S/C26H19FN2O4/c27-19-10-5-14-11-12-33-24(14)22(19)23-21(25(31)28-26(23)32)18-13-29(15-6-8-16(30)9-7-15)20-4-2-1-3-17(18)20/h1-5,10-13,15H,6-9H2,(H,28,31,32). The summed E-state index contributed by atoms with van der Waals surface area (Å²) in [6.07, 6.45) is 5.76. The third-order valence-electron chi connectivity index (χ3n) is 6.67. The first-order valence-electron chi connectivity index (χ1n) is 10.9. The Morgan fingerprint density at radius 2 is 1.70 bits per heavy atom. The number of para-hydroxylation sites is 1. The van der Waals surface area contributed by atoms with Gasteiger partial charge in [-0.3, -0.25) is 19.7 Å². The summed E-state index contributed by atoms with van der Waals surface area (Å²) in [5.41, 5.74) is 1.77. The SMILES string of the molecule is O=C1CCC(n2cc(C3=C(c4c(F)ccc5ccoc45)C(=O)NC3=O)c3ccccc32)CC1. The molecular weight excluding hydrogens is 423 g/mol. The highest BCUT2D eigenvalue weighted by Gasteiger charge is 2.37. The Labute approximate surface area is 187 Å². The van der Waals surface area contributed by atoms with Crippen molar-refractivity contribution in [1.82, 2.24) is 9.88 Å². The van der Waals surface area contributed by atoms with E-state index in [1.54, 1.807) is 12.1 Å². The lowest BCUT2D eigenvalue weighted by atomic mass is 9.94. The van der Waals surface area contributed by atoms with Gasteiger partial charge < -0.3 is 8.98 Å². The number of fused-ring (bicyclic) bond motifs is 2. The topological polar surface area (TPSA) is 81.3 Å². The van der Waals surface area contributed by atoms with Gasteiger partial charge >= 0.3 is 0 Å². The number of amides is 2. The third-order valence-corrected chi connectivity index (χ3v) is 6.67. The second kappa shape index (κ2) is 7.27. The van der Waals surface area contributed by atoms with Gasteiger partial charge in [0.2, 0.25) is 0 Å². The summed E-state index contributed by atoms with van der Waals surface area (Å²) in [4.78, 5) is 37.7. The third kappa shape index (κ3) is 2.96. The molecule has 0 bridgehead atoms. The van der Waals surface area contributed by atoms with Gasteiger partial charge in [-0.1, -0.05) is 18.2 Å². The van der Waals surface area contributed by atoms with Crippen molar-refractivity contribution in [1.29, 1.82) is 0 Å². The zero-order valence-corrected chi connectivity index (χ0v) is 17.6. The molecule has 1 saturated carbocycles. The maximum Gasteiger partial charge on any atom is 0.259 e. The molecule has 2 amide bonds. The van der Waals surface area contributed by atoms with Crippen molar-refractivity contribution in [3.63, 3.8) is 0 Å². The van der Waals surface area contributed by atoms with Crippen LogP contribution in [0.4, 0.5) is 4.39 Å². The Balaban J connectivity index is 1.62. The molecule has 1 fully saturated rings. The van der Waals surface area contributed by atoms with Crippen molar-refractivity contribution in [2.75, 3.05) is 0 Å². The van der Waals surface area contributed by atoms with Crippen molar-refractivity contribution >= 4 is 50.6 Å². The Bertz CT molecular complexity index is 1510. The summed E-state index contributed by atoms with van der Waals surface area (Å²) in [5, 5.41) is 3.77. The fourth-order valence-electron chi connectivity index (χ4n) is 5.10. The second-order valence-electron chi connectivity index (χ2n) is 8.53. The number of carbonyl (C=O) groups excluding carboxylic acids is 3. The van der Waals surface area contributed by atoms with Gasteiger partial charge in [-0.05, 0) is 37.1 Å². The van der Waals surface area contributed by atoms with E-state index >= 15 is 4.39 Å². The molecule has 6 rings (SSSR count). The van der Waals surface area contributed by atoms with Crippen LogP contribution >= 0.6 is 0 Å². The molecule has 0 saturated heterocycles. The van der Waals surface area contributed by atoms with E-state index in [1.807, 2.05) is 30.5 Å². The van der Waals surface area contributed by atoms with Crippen LogP contribution in [0, 0.1) is 5.82 Å². The fraction of sp³-hybridized carbons (Fsp3) is 0.192. The predicted molar refractivity (Wildman–Crippen MR) is 121 cm³/mol. The van der Waals surface area contributed by atoms with Crippen molar-refractivity contribution in [3.05, 3.63) is 71.9 Å². The van der Waals surface area contributed by atoms with Crippen LogP contribution in [-0.4, -0.2) is 22.2 Å². The molecule has 0 unspecified atom stereocenters. The van der Waals surface area contributed by atoms with Gasteiger partial charge in [0.15, 0.2) is 0 Å². The molecule has 0 spiro atoms. The number of nitrogens with zero attached hydrogens (tertiary/aromatic N) is 1. The van der Waals surface area contributed by atoms with Crippen LogP contribution in [0.3, 0.4) is 0 Å². The van der Waals surface area contributed by atoms with Crippen LogP contribution in [0.15, 0.2) is 59.3 Å². The molecule has 164 valence electrons. The molecular formula is C26H19FN2O4. The first kappa shape index (κ1) is 19.7. The second-order valence-corrected chi connectivity index (χ2v) is 8.53. The summed E-state index contributed by atoms with van der Waals surface area (Å²) in [5.74, 6) is -1.60. The number of hydrogen-bond donors (Lipinski definition) is 1. The van der Waals surface area contributed by atoms with E-state index in [2.05, 4.69) is 9.88 Å². The molecule has 1 N–H and O–H groups in total. The number of Topliss-reactive ketones (excluding diaryl/α,β-unsaturated/α-hetero) is 1. The van der Waals surface area contributed by atoms with E-state index in [0.717, 1.165) is 10.9 Å². The van der Waals surface area contributed by atoms with E-state index in [-0.39, 0.29) is 34.1 Å². The number of nitrogens with one attached hydrogen (secondary N) is 1. The predicted octanol–water partition coefficient (Wildman–Crippen LogP) is 4.78. The highest BCUT2D eigenvalue weighted by molar-refractivity contribution is 6.50. The fourth-order valence-corrected chi connectivity index (χ4v) is 5.10. The minimum atomic E-state index is -0.655. The normalized spacial score (nSPS) is 17.5. The summed E-state index contributed by atoms with van der Waals surface area (Å²) in [7, 11) is 0. The number of furan rings is 1. The first-order chi connectivity index (χ1) is 16.0. The first-order valence-corrected chi connectivity index (χ1v) is 10.9. The van der Waals surface area contributed by atoms with E-state index in [4.69, 9.17) is 4.42 Å².